The minimum absolute atomic E-state index is 0.0182. The lowest BCUT2D eigenvalue weighted by Crippen LogP contribution is -2.15. The topological polar surface area (TPSA) is 538 Å². The van der Waals surface area contributed by atoms with E-state index in [1.165, 1.54) is 123 Å². The molecule has 36 nitrogen and oxygen atoms in total. The number of phenolic OH excluding ortho intramolecular Hbond substituents is 2. The van der Waals surface area contributed by atoms with E-state index in [2.05, 4.69) is 80.0 Å². The molecular formula is C56H46Cl2N14O22S6. The van der Waals surface area contributed by atoms with Gasteiger partial charge in [0.25, 0.3) is 20.2 Å². The summed E-state index contributed by atoms with van der Waals surface area (Å²) in [7, 11) is -25.4. The highest BCUT2D eigenvalue weighted by Gasteiger charge is 2.26. The van der Waals surface area contributed by atoms with Crippen LogP contribution in [0.4, 0.5) is 69.3 Å². The van der Waals surface area contributed by atoms with Crippen LogP contribution in [-0.2, 0) is 69.1 Å². The number of azo groups is 2. The maximum Gasteiger partial charge on any atom is 0.397 e. The summed E-state index contributed by atoms with van der Waals surface area (Å²) >= 11 is 12.4. The van der Waals surface area contributed by atoms with E-state index >= 15 is 0 Å². The maximum atomic E-state index is 12.9. The van der Waals surface area contributed by atoms with Crippen LogP contribution in [0.1, 0.15) is 0 Å². The summed E-state index contributed by atoms with van der Waals surface area (Å²) < 4.78 is 203. The average Bonchev–Trinajstić information content (AvgIpc) is 0.768. The third-order valence-corrected chi connectivity index (χ3v) is 20.1. The number of aromatic nitrogens is 6. The first-order valence-electron chi connectivity index (χ1n) is 27.6. The van der Waals surface area contributed by atoms with Crippen molar-refractivity contribution in [2.24, 2.45) is 20.5 Å². The number of hydrogen-bond acceptors (Lipinski definition) is 32. The molecule has 0 aliphatic heterocycles. The Morgan fingerprint density at radius 2 is 0.740 bits per heavy atom. The summed E-state index contributed by atoms with van der Waals surface area (Å²) in [5.74, 6) is -3.29. The van der Waals surface area contributed by atoms with Gasteiger partial charge in [0.2, 0.25) is 34.4 Å². The van der Waals surface area contributed by atoms with Crippen LogP contribution in [-0.4, -0.2) is 148 Å². The third-order valence-electron chi connectivity index (χ3n) is 13.7. The van der Waals surface area contributed by atoms with Gasteiger partial charge in [0.05, 0.1) is 48.7 Å². The molecule has 10 rings (SSSR count). The molecule has 0 bridgehead atoms. The van der Waals surface area contributed by atoms with E-state index in [0.717, 1.165) is 12.1 Å². The average molecular weight is 1530 g/mol. The first kappa shape index (κ1) is 72.7. The highest BCUT2D eigenvalue weighted by atomic mass is 35.5. The number of halogens is 2. The molecule has 0 unspecified atom stereocenters. The molecule has 8 aromatic carbocycles. The molecule has 0 fully saturated rings. The van der Waals surface area contributed by atoms with E-state index in [1.54, 1.807) is 12.1 Å². The highest BCUT2D eigenvalue weighted by molar-refractivity contribution is 7.91. The normalized spacial score (nSPS) is 12.5. The molecule has 100 heavy (non-hydrogen) atoms. The van der Waals surface area contributed by atoms with E-state index in [1.807, 2.05) is 0 Å². The Hall–Kier alpha value is -10.1. The quantitative estimate of drug-likeness (QED) is 0.0169. The summed E-state index contributed by atoms with van der Waals surface area (Å²) in [5.41, 5.74) is 0.687. The van der Waals surface area contributed by atoms with Gasteiger partial charge in [-0.2, -0.15) is 63.6 Å². The first-order chi connectivity index (χ1) is 47.0. The molecule has 0 radical (unpaired) electrons. The molecule has 44 heteroatoms. The zero-order chi connectivity index (χ0) is 72.3. The number of fused-ring (bicyclic) bond motifs is 2. The molecule has 2 heterocycles. The molecule has 0 atom stereocenters. The van der Waals surface area contributed by atoms with Crippen molar-refractivity contribution in [3.05, 3.63) is 144 Å². The van der Waals surface area contributed by atoms with Gasteiger partial charge in [0.1, 0.15) is 44.0 Å². The van der Waals surface area contributed by atoms with Crippen LogP contribution < -0.4 is 30.7 Å². The zero-order valence-corrected chi connectivity index (χ0v) is 56.8. The molecule has 0 aliphatic rings. The molecule has 0 amide bonds. The molecule has 10 N–H and O–H groups in total. The highest BCUT2D eigenvalue weighted by Crippen LogP contribution is 2.46. The van der Waals surface area contributed by atoms with Crippen molar-refractivity contribution in [2.45, 2.75) is 19.6 Å². The van der Waals surface area contributed by atoms with Gasteiger partial charge in [-0.05, 0) is 166 Å². The van der Waals surface area contributed by atoms with Crippen LogP contribution in [0.3, 0.4) is 0 Å². The van der Waals surface area contributed by atoms with E-state index in [4.69, 9.17) is 41.8 Å². The monoisotopic (exact) mass is 1530 g/mol. The fourth-order valence-electron chi connectivity index (χ4n) is 9.20. The van der Waals surface area contributed by atoms with Crippen LogP contribution in [0, 0.1) is 0 Å². The second kappa shape index (κ2) is 29.0. The predicted octanol–water partition coefficient (Wildman–Crippen LogP) is 10.2. The molecule has 0 aliphatic carbocycles. The lowest BCUT2D eigenvalue weighted by atomic mass is 10.0. The number of ether oxygens (including phenoxy) is 2. The molecular weight excluding hydrogens is 1480 g/mol. The number of nitrogens with one attached hydrogen (secondary N) is 4. The van der Waals surface area contributed by atoms with Gasteiger partial charge in [0.15, 0.2) is 31.2 Å². The number of sulfone groups is 2. The smallest absolute Gasteiger partial charge is 0.397 e. The Morgan fingerprint density at radius 1 is 0.410 bits per heavy atom. The third kappa shape index (κ3) is 18.0. The Labute approximate surface area is 576 Å². The number of aromatic hydroxyl groups is 2. The van der Waals surface area contributed by atoms with Gasteiger partial charge in [-0.1, -0.05) is 12.1 Å². The molecule has 522 valence electrons. The van der Waals surface area contributed by atoms with Gasteiger partial charge in [-0.3, -0.25) is 18.2 Å². The molecule has 0 saturated heterocycles. The minimum atomic E-state index is -5.12. The van der Waals surface area contributed by atoms with Crippen LogP contribution in [0.5, 0.6) is 23.0 Å². The van der Waals surface area contributed by atoms with Crippen molar-refractivity contribution in [2.75, 3.05) is 60.2 Å². The summed E-state index contributed by atoms with van der Waals surface area (Å²) in [6, 6.07) is 29.8. The van der Waals surface area contributed by atoms with Gasteiger partial charge >= 0.3 is 20.8 Å². The van der Waals surface area contributed by atoms with Crippen LogP contribution >= 0.6 is 23.2 Å². The van der Waals surface area contributed by atoms with Crippen molar-refractivity contribution >= 4 is 175 Å². The number of hydrogen-bond donors (Lipinski definition) is 10. The second-order valence-corrected chi connectivity index (χ2v) is 30.2. The summed E-state index contributed by atoms with van der Waals surface area (Å²) in [5, 5.41) is 50.4. The van der Waals surface area contributed by atoms with E-state index < -0.39 is 118 Å². The number of phenols is 2. The largest absolute Gasteiger partial charge is 0.505 e. The van der Waals surface area contributed by atoms with Crippen LogP contribution in [0.15, 0.2) is 173 Å². The van der Waals surface area contributed by atoms with Gasteiger partial charge < -0.3 is 41.0 Å². The first-order valence-corrected chi connectivity index (χ1v) is 37.2. The van der Waals surface area contributed by atoms with Crippen molar-refractivity contribution in [3.8, 4) is 34.1 Å². The Bertz CT molecular complexity index is 5350. The Balaban J connectivity index is 0.831. The van der Waals surface area contributed by atoms with Crippen molar-refractivity contribution < 1.29 is 96.8 Å². The fraction of sp³-hybridized carbons (Fsp3) is 0.107. The predicted molar refractivity (Wildman–Crippen MR) is 359 cm³/mol. The standard InChI is InChI=1S/C56H46Cl2N14O22S6/c1-91-43-25-29(3-17-41(43)69-71-47-45(97(79,80)81)27-31-23-35(9-15-39(31)49(47)73)61-55-65-51(57)63-53(67-55)59-33-5-11-37(12-6-33)95(75,76)21-19-93-99(85,86)87)30-4-18-42(44(26-30)92-2)70-72-48-46(98(82,83)84)28-32-24-36(10-16-40(32)50(48)74)62-56-66-52(58)64-54(68-56)60-34-7-13-38(14-8-34)96(77,78)22-20-94-100(88,89)90/h3-18,23-28,73-74H,19-22H2,1-2H3,(H,79,80,81)(H,82,83,84)(H,85,86,87)(H,88,89,90)(H2,59,61,63,65,67)(H2,60,62,64,66,68). The van der Waals surface area contributed by atoms with Crippen molar-refractivity contribution in [1.82, 2.24) is 29.9 Å². The fourth-order valence-corrected chi connectivity index (χ4v) is 13.8. The van der Waals surface area contributed by atoms with E-state index in [9.17, 15) is 69.8 Å². The lowest BCUT2D eigenvalue weighted by Gasteiger charge is -2.12. The SMILES string of the molecule is COc1cc(-c2ccc(N=Nc3c(S(=O)(=O)O)cc4cc(Nc5nc(Cl)nc(Nc6ccc(S(=O)(=O)CCOS(=O)(=O)O)cc6)n5)ccc4c3O)c(OC)c2)ccc1N=Nc1c(S(=O)(=O)O)cc2cc(Nc3nc(Cl)nc(Nc4ccc(S(=O)(=O)CCOS(=O)(=O)O)cc4)n3)ccc2c1O. The number of benzene rings is 8. The Kier molecular flexibility index (Phi) is 21.1. The Morgan fingerprint density at radius 3 is 1.06 bits per heavy atom. The number of nitrogens with zero attached hydrogens (tertiary/aromatic N) is 10. The number of anilines is 8. The van der Waals surface area contributed by atoms with Crippen molar-refractivity contribution in [3.63, 3.8) is 0 Å². The van der Waals surface area contributed by atoms with Crippen LogP contribution in [0.25, 0.3) is 32.7 Å². The van der Waals surface area contributed by atoms with Crippen LogP contribution in [0.2, 0.25) is 10.6 Å². The van der Waals surface area contributed by atoms with Gasteiger partial charge in [-0.15, -0.1) is 20.5 Å². The second-order valence-electron chi connectivity index (χ2n) is 20.3. The lowest BCUT2D eigenvalue weighted by molar-refractivity contribution is 0.282. The summed E-state index contributed by atoms with van der Waals surface area (Å²) in [6.07, 6.45) is 0. The molecule has 0 saturated carbocycles. The van der Waals surface area contributed by atoms with Gasteiger partial charge in [-0.25, -0.2) is 25.2 Å². The zero-order valence-electron chi connectivity index (χ0n) is 50.4. The number of rotatable bonds is 27. The van der Waals surface area contributed by atoms with E-state index in [-0.39, 0.29) is 111 Å². The molecule has 2 aromatic heterocycles. The van der Waals surface area contributed by atoms with E-state index in [0.29, 0.717) is 11.1 Å². The molecule has 10 aromatic rings. The number of methoxy groups -OCH3 is 2. The summed E-state index contributed by atoms with van der Waals surface area (Å²) in [4.78, 5) is 22.5. The summed E-state index contributed by atoms with van der Waals surface area (Å²) in [6.45, 7) is -1.65. The van der Waals surface area contributed by atoms with Crippen molar-refractivity contribution in [1.29, 1.82) is 0 Å². The minimum Gasteiger partial charge on any atom is -0.505 e. The molecule has 0 spiro atoms. The maximum absolute atomic E-state index is 12.9. The van der Waals surface area contributed by atoms with Gasteiger partial charge in [0, 0.05) is 33.5 Å².